The summed E-state index contributed by atoms with van der Waals surface area (Å²) in [6.45, 7) is 1.28. The van der Waals surface area contributed by atoms with Gasteiger partial charge in [0, 0.05) is 47.2 Å². The third kappa shape index (κ3) is 2.74. The molecule has 134 valence electrons. The van der Waals surface area contributed by atoms with E-state index in [1.165, 1.54) is 16.6 Å². The molecule has 0 aliphatic carbocycles. The van der Waals surface area contributed by atoms with Gasteiger partial charge in [0.15, 0.2) is 0 Å². The van der Waals surface area contributed by atoms with Crippen molar-refractivity contribution in [2.24, 2.45) is 0 Å². The monoisotopic (exact) mass is 414 g/mol. The van der Waals surface area contributed by atoms with Crippen molar-refractivity contribution < 1.29 is 14.3 Å². The fourth-order valence-corrected chi connectivity index (χ4v) is 4.07. The van der Waals surface area contributed by atoms with Crippen molar-refractivity contribution in [2.75, 3.05) is 20.8 Å². The van der Waals surface area contributed by atoms with E-state index in [0.717, 1.165) is 11.9 Å². The molecule has 0 spiro atoms. The summed E-state index contributed by atoms with van der Waals surface area (Å²) in [7, 11) is 3.15. The Hall–Kier alpha value is -2.47. The van der Waals surface area contributed by atoms with E-state index < -0.39 is 0 Å². The van der Waals surface area contributed by atoms with Crippen LogP contribution in [0.2, 0.25) is 0 Å². The fourth-order valence-electron chi connectivity index (χ4n) is 3.52. The number of nitrogens with one attached hydrogen (secondary N) is 1. The van der Waals surface area contributed by atoms with Crippen molar-refractivity contribution in [3.63, 3.8) is 0 Å². The first kappa shape index (κ1) is 17.0. The van der Waals surface area contributed by atoms with Gasteiger partial charge in [0.25, 0.3) is 5.91 Å². The number of carbonyl (C=O) groups excluding carboxylic acids is 1. The third-order valence-electron chi connectivity index (χ3n) is 4.86. The summed E-state index contributed by atoms with van der Waals surface area (Å²) >= 11 is 3.45. The lowest BCUT2D eigenvalue weighted by atomic mass is 10.0. The minimum absolute atomic E-state index is 0.0231. The minimum Gasteiger partial charge on any atom is -0.495 e. The molecule has 1 amide bonds. The molecule has 1 aliphatic heterocycles. The van der Waals surface area contributed by atoms with Crippen LogP contribution in [0, 0.1) is 0 Å². The molecular weight excluding hydrogens is 396 g/mol. The highest BCUT2D eigenvalue weighted by Gasteiger charge is 2.26. The Morgan fingerprint density at radius 2 is 1.85 bits per heavy atom. The molecule has 0 saturated heterocycles. The van der Waals surface area contributed by atoms with Gasteiger partial charge in [0.1, 0.15) is 16.0 Å². The molecule has 1 N–H and O–H groups in total. The molecule has 3 aromatic rings. The van der Waals surface area contributed by atoms with E-state index in [-0.39, 0.29) is 5.91 Å². The number of methoxy groups -OCH3 is 2. The molecule has 0 saturated carbocycles. The van der Waals surface area contributed by atoms with E-state index in [9.17, 15) is 4.79 Å². The van der Waals surface area contributed by atoms with Gasteiger partial charge in [-0.3, -0.25) is 4.79 Å². The first-order valence-electron chi connectivity index (χ1n) is 8.41. The summed E-state index contributed by atoms with van der Waals surface area (Å²) in [5.41, 5.74) is 4.11. The van der Waals surface area contributed by atoms with Crippen LogP contribution in [0.15, 0.2) is 40.9 Å². The molecule has 0 atom stereocenters. The largest absolute Gasteiger partial charge is 0.495 e. The van der Waals surface area contributed by atoms with Crippen LogP contribution in [0.4, 0.5) is 0 Å². The standard InChI is InChI=1S/C20H19BrN2O3/c1-25-17-9-12(10-18(26-2)19(17)21)20(24)23-8-7-16-14(11-23)13-5-3-4-6-15(13)22-16/h3-6,9-10,22H,7-8,11H2,1-2H3. The quantitative estimate of drug-likeness (QED) is 0.700. The molecule has 0 bridgehead atoms. The number of para-hydroxylation sites is 1. The Bertz CT molecular complexity index is 971. The van der Waals surface area contributed by atoms with Gasteiger partial charge in [-0.05, 0) is 34.1 Å². The zero-order valence-electron chi connectivity index (χ0n) is 14.6. The smallest absolute Gasteiger partial charge is 0.254 e. The molecule has 0 unspecified atom stereocenters. The predicted octanol–water partition coefficient (Wildman–Crippen LogP) is 4.15. The normalized spacial score (nSPS) is 13.6. The number of rotatable bonds is 3. The summed E-state index contributed by atoms with van der Waals surface area (Å²) in [5.74, 6) is 1.14. The number of hydrogen-bond donors (Lipinski definition) is 1. The molecule has 2 aromatic carbocycles. The molecule has 0 fully saturated rings. The van der Waals surface area contributed by atoms with Crippen LogP contribution in [0.25, 0.3) is 10.9 Å². The number of H-pyrrole nitrogens is 1. The summed E-state index contributed by atoms with van der Waals surface area (Å²) in [5, 5.41) is 1.19. The number of benzene rings is 2. The van der Waals surface area contributed by atoms with Gasteiger partial charge in [-0.15, -0.1) is 0 Å². The second kappa shape index (κ2) is 6.68. The maximum absolute atomic E-state index is 13.1. The van der Waals surface area contributed by atoms with Crippen LogP contribution in [-0.4, -0.2) is 36.6 Å². The van der Waals surface area contributed by atoms with Crippen LogP contribution >= 0.6 is 15.9 Å². The van der Waals surface area contributed by atoms with Crippen LogP contribution in [0.1, 0.15) is 21.6 Å². The van der Waals surface area contributed by atoms with Crippen molar-refractivity contribution >= 4 is 32.7 Å². The summed E-state index contributed by atoms with van der Waals surface area (Å²) in [6, 6.07) is 11.7. The lowest BCUT2D eigenvalue weighted by Crippen LogP contribution is -2.35. The highest BCUT2D eigenvalue weighted by Crippen LogP contribution is 2.36. The topological polar surface area (TPSA) is 54.6 Å². The minimum atomic E-state index is -0.0231. The molecule has 6 heteroatoms. The Labute approximate surface area is 160 Å². The average molecular weight is 415 g/mol. The lowest BCUT2D eigenvalue weighted by molar-refractivity contribution is 0.0734. The van der Waals surface area contributed by atoms with Crippen molar-refractivity contribution in [2.45, 2.75) is 13.0 Å². The molecule has 26 heavy (non-hydrogen) atoms. The number of aromatic nitrogens is 1. The van der Waals surface area contributed by atoms with Gasteiger partial charge in [0.2, 0.25) is 0 Å². The van der Waals surface area contributed by atoms with Crippen molar-refractivity contribution in [3.05, 3.63) is 57.7 Å². The molecule has 0 radical (unpaired) electrons. The zero-order valence-corrected chi connectivity index (χ0v) is 16.2. The lowest BCUT2D eigenvalue weighted by Gasteiger charge is -2.27. The number of aromatic amines is 1. The first-order valence-corrected chi connectivity index (χ1v) is 9.21. The number of nitrogens with zero attached hydrogens (tertiary/aromatic N) is 1. The first-order chi connectivity index (χ1) is 12.6. The van der Waals surface area contributed by atoms with Gasteiger partial charge >= 0.3 is 0 Å². The molecule has 2 heterocycles. The van der Waals surface area contributed by atoms with E-state index >= 15 is 0 Å². The molecule has 1 aliphatic rings. The van der Waals surface area contributed by atoms with Crippen LogP contribution in [-0.2, 0) is 13.0 Å². The number of fused-ring (bicyclic) bond motifs is 3. The summed E-state index contributed by atoms with van der Waals surface area (Å²) in [6.07, 6.45) is 0.820. The van der Waals surface area contributed by atoms with E-state index in [1.54, 1.807) is 26.4 Å². The Kier molecular flexibility index (Phi) is 4.36. The number of amides is 1. The Morgan fingerprint density at radius 3 is 2.54 bits per heavy atom. The molecule has 4 rings (SSSR count). The van der Waals surface area contributed by atoms with E-state index in [4.69, 9.17) is 9.47 Å². The predicted molar refractivity (Wildman–Crippen MR) is 104 cm³/mol. The summed E-state index contributed by atoms with van der Waals surface area (Å²) < 4.78 is 11.4. The molecule has 5 nitrogen and oxygen atoms in total. The number of hydrogen-bond acceptors (Lipinski definition) is 3. The number of halogens is 1. The molecule has 1 aromatic heterocycles. The Morgan fingerprint density at radius 1 is 1.15 bits per heavy atom. The van der Waals surface area contributed by atoms with Crippen LogP contribution in [0.5, 0.6) is 11.5 Å². The number of ether oxygens (including phenoxy) is 2. The van der Waals surface area contributed by atoms with Gasteiger partial charge in [0.05, 0.1) is 14.2 Å². The molecular formula is C20H19BrN2O3. The maximum Gasteiger partial charge on any atom is 0.254 e. The second-order valence-electron chi connectivity index (χ2n) is 6.30. The number of carbonyl (C=O) groups is 1. The highest BCUT2D eigenvalue weighted by atomic mass is 79.9. The van der Waals surface area contributed by atoms with Crippen molar-refractivity contribution in [1.29, 1.82) is 0 Å². The van der Waals surface area contributed by atoms with E-state index in [0.29, 0.717) is 34.6 Å². The van der Waals surface area contributed by atoms with Crippen molar-refractivity contribution in [1.82, 2.24) is 9.88 Å². The van der Waals surface area contributed by atoms with Gasteiger partial charge < -0.3 is 19.4 Å². The van der Waals surface area contributed by atoms with Gasteiger partial charge in [-0.2, -0.15) is 0 Å². The van der Waals surface area contributed by atoms with Gasteiger partial charge in [-0.25, -0.2) is 0 Å². The second-order valence-corrected chi connectivity index (χ2v) is 7.09. The SMILES string of the molecule is COc1cc(C(=O)N2CCc3[nH]c4ccccc4c3C2)cc(OC)c1Br. The van der Waals surface area contributed by atoms with E-state index in [1.807, 2.05) is 17.0 Å². The maximum atomic E-state index is 13.1. The van der Waals surface area contributed by atoms with Gasteiger partial charge in [-0.1, -0.05) is 18.2 Å². The third-order valence-corrected chi connectivity index (χ3v) is 5.64. The highest BCUT2D eigenvalue weighted by molar-refractivity contribution is 9.10. The fraction of sp³-hybridized carbons (Fsp3) is 0.250. The van der Waals surface area contributed by atoms with Crippen LogP contribution < -0.4 is 9.47 Å². The summed E-state index contributed by atoms with van der Waals surface area (Å²) in [4.78, 5) is 18.5. The zero-order chi connectivity index (χ0) is 18.3. The Balaban J connectivity index is 1.68. The average Bonchev–Trinajstić information content (AvgIpc) is 3.05. The van der Waals surface area contributed by atoms with Crippen LogP contribution in [0.3, 0.4) is 0 Å². The van der Waals surface area contributed by atoms with E-state index in [2.05, 4.69) is 33.0 Å². The van der Waals surface area contributed by atoms with Crippen molar-refractivity contribution in [3.8, 4) is 11.5 Å².